The van der Waals surface area contributed by atoms with Crippen molar-refractivity contribution in [1.82, 2.24) is 10.2 Å². The van der Waals surface area contributed by atoms with Gasteiger partial charge in [0.1, 0.15) is 17.4 Å². The number of nitrogens with one attached hydrogen (secondary N) is 1. The van der Waals surface area contributed by atoms with Gasteiger partial charge in [-0.25, -0.2) is 4.39 Å². The minimum atomic E-state index is -0.509. The van der Waals surface area contributed by atoms with Crippen molar-refractivity contribution in [2.24, 2.45) is 0 Å². The van der Waals surface area contributed by atoms with Crippen molar-refractivity contribution in [2.75, 3.05) is 12.4 Å². The van der Waals surface area contributed by atoms with Gasteiger partial charge in [-0.2, -0.15) is 0 Å². The molecule has 0 bridgehead atoms. The van der Waals surface area contributed by atoms with Crippen LogP contribution in [-0.4, -0.2) is 23.2 Å². The van der Waals surface area contributed by atoms with Gasteiger partial charge >= 0.3 is 0 Å². The number of ether oxygens (including phenoxy) is 1. The fourth-order valence-corrected chi connectivity index (χ4v) is 2.47. The molecule has 1 aromatic heterocycles. The fraction of sp³-hybridized carbons (Fsp3) is 0.250. The number of nitrogens with zero attached hydrogens (tertiary/aromatic N) is 2. The third-order valence-electron chi connectivity index (χ3n) is 2.38. The van der Waals surface area contributed by atoms with E-state index >= 15 is 0 Å². The lowest BCUT2D eigenvalue weighted by Crippen LogP contribution is -2.15. The first-order valence-corrected chi connectivity index (χ1v) is 6.83. The Hall–Kier alpha value is -1.57. The molecule has 2 aromatic rings. The van der Waals surface area contributed by atoms with Crippen LogP contribution in [0.3, 0.4) is 0 Å². The zero-order chi connectivity index (χ0) is 14.5. The van der Waals surface area contributed by atoms with Crippen LogP contribution in [0.4, 0.5) is 9.52 Å². The lowest BCUT2D eigenvalue weighted by molar-refractivity contribution is -0.115. The second-order valence-electron chi connectivity index (χ2n) is 3.86. The van der Waals surface area contributed by atoms with Gasteiger partial charge in [-0.05, 0) is 12.1 Å². The molecule has 8 heteroatoms. The smallest absolute Gasteiger partial charge is 0.230 e. The standard InChI is InChI=1S/C12H11ClFN3O2S/c1-19-6-11-16-17-12(20-11)15-10(18)5-7-8(13)3-2-4-9(7)14/h2-4H,5-6H2,1H3,(H,15,17,18). The number of hydrogen-bond donors (Lipinski definition) is 1. The van der Waals surface area contributed by atoms with Gasteiger partial charge in [0.15, 0.2) is 0 Å². The third-order valence-corrected chi connectivity index (χ3v) is 3.55. The van der Waals surface area contributed by atoms with E-state index in [0.717, 1.165) is 0 Å². The molecule has 0 spiro atoms. The maximum Gasteiger partial charge on any atom is 0.230 e. The number of anilines is 1. The summed E-state index contributed by atoms with van der Waals surface area (Å²) in [5.74, 6) is -0.915. The summed E-state index contributed by atoms with van der Waals surface area (Å²) in [6.07, 6.45) is -0.162. The Morgan fingerprint density at radius 1 is 1.50 bits per heavy atom. The summed E-state index contributed by atoms with van der Waals surface area (Å²) in [6.45, 7) is 0.326. The van der Waals surface area contributed by atoms with Crippen LogP contribution in [0.5, 0.6) is 0 Å². The number of rotatable bonds is 5. The zero-order valence-electron chi connectivity index (χ0n) is 10.5. The van der Waals surface area contributed by atoms with Crippen molar-refractivity contribution in [3.63, 3.8) is 0 Å². The van der Waals surface area contributed by atoms with Crippen LogP contribution in [0.15, 0.2) is 18.2 Å². The molecule has 0 aliphatic heterocycles. The topological polar surface area (TPSA) is 64.1 Å². The molecular weight excluding hydrogens is 305 g/mol. The van der Waals surface area contributed by atoms with Crippen LogP contribution >= 0.6 is 22.9 Å². The Kier molecular flexibility index (Phi) is 4.99. The summed E-state index contributed by atoms with van der Waals surface area (Å²) in [5, 5.41) is 11.4. The summed E-state index contributed by atoms with van der Waals surface area (Å²) in [6, 6.07) is 4.28. The van der Waals surface area contributed by atoms with Gasteiger partial charge in [-0.15, -0.1) is 10.2 Å². The van der Waals surface area contributed by atoms with Crippen LogP contribution in [-0.2, 0) is 22.6 Å². The van der Waals surface area contributed by atoms with Crippen molar-refractivity contribution in [1.29, 1.82) is 0 Å². The number of carbonyl (C=O) groups is 1. The second kappa shape index (κ2) is 6.74. The van der Waals surface area contributed by atoms with Gasteiger partial charge < -0.3 is 10.1 Å². The Morgan fingerprint density at radius 3 is 3.00 bits per heavy atom. The molecule has 1 N–H and O–H groups in total. The maximum absolute atomic E-state index is 13.5. The van der Waals surface area contributed by atoms with Gasteiger partial charge in [-0.3, -0.25) is 4.79 Å². The molecule has 0 unspecified atom stereocenters. The first-order chi connectivity index (χ1) is 9.60. The van der Waals surface area contributed by atoms with E-state index in [0.29, 0.717) is 16.7 Å². The lowest BCUT2D eigenvalue weighted by Gasteiger charge is -2.05. The van der Waals surface area contributed by atoms with E-state index in [1.165, 1.54) is 29.5 Å². The summed E-state index contributed by atoms with van der Waals surface area (Å²) >= 11 is 7.06. The van der Waals surface area contributed by atoms with E-state index in [4.69, 9.17) is 16.3 Å². The first-order valence-electron chi connectivity index (χ1n) is 5.64. The largest absolute Gasteiger partial charge is 0.377 e. The summed E-state index contributed by atoms with van der Waals surface area (Å²) in [5.41, 5.74) is 0.160. The van der Waals surface area contributed by atoms with Crippen LogP contribution in [0.1, 0.15) is 10.6 Å². The van der Waals surface area contributed by atoms with Crippen molar-refractivity contribution in [2.45, 2.75) is 13.0 Å². The number of carbonyl (C=O) groups excluding carboxylic acids is 1. The average Bonchev–Trinajstić information content (AvgIpc) is 2.82. The summed E-state index contributed by atoms with van der Waals surface area (Å²) in [4.78, 5) is 11.8. The molecule has 1 heterocycles. The molecule has 0 atom stereocenters. The van der Waals surface area contributed by atoms with Crippen LogP contribution in [0, 0.1) is 5.82 Å². The minimum Gasteiger partial charge on any atom is -0.377 e. The lowest BCUT2D eigenvalue weighted by atomic mass is 10.1. The van der Waals surface area contributed by atoms with Crippen LogP contribution in [0.2, 0.25) is 5.02 Å². The predicted molar refractivity (Wildman–Crippen MR) is 74.4 cm³/mol. The third kappa shape index (κ3) is 3.72. The maximum atomic E-state index is 13.5. The highest BCUT2D eigenvalue weighted by atomic mass is 35.5. The Morgan fingerprint density at radius 2 is 2.30 bits per heavy atom. The van der Waals surface area contributed by atoms with Crippen LogP contribution < -0.4 is 5.32 Å². The minimum absolute atomic E-state index is 0.160. The van der Waals surface area contributed by atoms with Crippen LogP contribution in [0.25, 0.3) is 0 Å². The molecule has 0 radical (unpaired) electrons. The normalized spacial score (nSPS) is 10.6. The van der Waals surface area contributed by atoms with Crippen molar-refractivity contribution in [3.8, 4) is 0 Å². The number of methoxy groups -OCH3 is 1. The zero-order valence-corrected chi connectivity index (χ0v) is 12.1. The van der Waals surface area contributed by atoms with E-state index in [2.05, 4.69) is 15.5 Å². The molecule has 106 valence electrons. The van der Waals surface area contributed by atoms with Crippen molar-refractivity contribution < 1.29 is 13.9 Å². The molecule has 0 aliphatic carbocycles. The highest BCUT2D eigenvalue weighted by Crippen LogP contribution is 2.21. The van der Waals surface area contributed by atoms with Gasteiger partial charge in [0, 0.05) is 17.7 Å². The number of aromatic nitrogens is 2. The first kappa shape index (κ1) is 14.8. The second-order valence-corrected chi connectivity index (χ2v) is 5.33. The van der Waals surface area contributed by atoms with Gasteiger partial charge in [0.25, 0.3) is 0 Å². The van der Waals surface area contributed by atoms with E-state index in [-0.39, 0.29) is 17.0 Å². The molecular formula is C12H11ClFN3O2S. The van der Waals surface area contributed by atoms with E-state index in [1.54, 1.807) is 7.11 Å². The molecule has 20 heavy (non-hydrogen) atoms. The molecule has 0 fully saturated rings. The number of halogens is 2. The van der Waals surface area contributed by atoms with Gasteiger partial charge in [0.2, 0.25) is 11.0 Å². The Bertz CT molecular complexity index is 600. The van der Waals surface area contributed by atoms with Crippen molar-refractivity contribution >= 4 is 34.0 Å². The van der Waals surface area contributed by atoms with Gasteiger partial charge in [-0.1, -0.05) is 29.0 Å². The number of amides is 1. The van der Waals surface area contributed by atoms with Crippen molar-refractivity contribution in [3.05, 3.63) is 39.6 Å². The predicted octanol–water partition coefficient (Wildman–Crippen LogP) is 2.66. The van der Waals surface area contributed by atoms with Gasteiger partial charge in [0.05, 0.1) is 6.42 Å². The SMILES string of the molecule is COCc1nnc(NC(=O)Cc2c(F)cccc2Cl)s1. The molecule has 5 nitrogen and oxygen atoms in total. The highest BCUT2D eigenvalue weighted by Gasteiger charge is 2.13. The summed E-state index contributed by atoms with van der Waals surface area (Å²) in [7, 11) is 1.54. The number of hydrogen-bond acceptors (Lipinski definition) is 5. The molecule has 1 amide bonds. The fourth-order valence-electron chi connectivity index (χ4n) is 1.51. The monoisotopic (exact) mass is 315 g/mol. The Labute approximate surface area is 123 Å². The highest BCUT2D eigenvalue weighted by molar-refractivity contribution is 7.15. The quantitative estimate of drug-likeness (QED) is 0.921. The average molecular weight is 316 g/mol. The molecule has 0 saturated heterocycles. The van der Waals surface area contributed by atoms with E-state index in [1.807, 2.05) is 0 Å². The van der Waals surface area contributed by atoms with E-state index < -0.39 is 11.7 Å². The molecule has 2 rings (SSSR count). The van der Waals surface area contributed by atoms with E-state index in [9.17, 15) is 9.18 Å². The Balaban J connectivity index is 2.01. The number of benzene rings is 1. The molecule has 0 saturated carbocycles. The molecule has 0 aliphatic rings. The summed E-state index contributed by atoms with van der Waals surface area (Å²) < 4.78 is 18.4. The molecule has 1 aromatic carbocycles.